The van der Waals surface area contributed by atoms with E-state index in [2.05, 4.69) is 15.8 Å². The molecule has 0 spiro atoms. The molecule has 0 aliphatic rings. The van der Waals surface area contributed by atoms with Gasteiger partial charge in [0, 0.05) is 5.56 Å². The van der Waals surface area contributed by atoms with Crippen molar-refractivity contribution in [1.82, 2.24) is 10.7 Å². The van der Waals surface area contributed by atoms with Gasteiger partial charge in [-0.2, -0.15) is 5.10 Å². The lowest BCUT2D eigenvalue weighted by molar-refractivity contribution is -0.120. The van der Waals surface area contributed by atoms with Gasteiger partial charge >= 0.3 is 5.97 Å². The van der Waals surface area contributed by atoms with Gasteiger partial charge in [0.2, 0.25) is 0 Å². The van der Waals surface area contributed by atoms with Crippen LogP contribution in [0, 0.1) is 0 Å². The predicted octanol–water partition coefficient (Wildman–Crippen LogP) is 4.60. The Balaban J connectivity index is 1.47. The van der Waals surface area contributed by atoms with E-state index in [-0.39, 0.29) is 22.9 Å². The van der Waals surface area contributed by atoms with Gasteiger partial charge < -0.3 is 14.8 Å². The van der Waals surface area contributed by atoms with E-state index in [0.29, 0.717) is 16.9 Å². The van der Waals surface area contributed by atoms with Gasteiger partial charge in [-0.25, -0.2) is 10.2 Å². The highest BCUT2D eigenvalue weighted by Crippen LogP contribution is 2.27. The molecule has 4 rings (SSSR count). The number of fused-ring (bicyclic) bond motifs is 1. The molecule has 37 heavy (non-hydrogen) atoms. The molecule has 4 aromatic carbocycles. The van der Waals surface area contributed by atoms with Crippen molar-refractivity contribution in [2.75, 3.05) is 13.7 Å². The number of benzene rings is 4. The van der Waals surface area contributed by atoms with Gasteiger partial charge in [0.15, 0.2) is 0 Å². The fraction of sp³-hybridized carbons (Fsp3) is 0.0714. The van der Waals surface area contributed by atoms with Crippen LogP contribution in [-0.4, -0.2) is 37.7 Å². The molecule has 2 amide bonds. The largest absolute Gasteiger partial charge is 0.497 e. The van der Waals surface area contributed by atoms with Crippen LogP contribution >= 0.6 is 11.6 Å². The zero-order chi connectivity index (χ0) is 26.2. The number of halogens is 1. The highest BCUT2D eigenvalue weighted by molar-refractivity contribution is 6.33. The molecule has 0 radical (unpaired) electrons. The van der Waals surface area contributed by atoms with Crippen LogP contribution in [0.4, 0.5) is 0 Å². The van der Waals surface area contributed by atoms with E-state index in [0.717, 1.165) is 10.8 Å². The van der Waals surface area contributed by atoms with Crippen LogP contribution in [0.25, 0.3) is 10.8 Å². The number of rotatable bonds is 8. The summed E-state index contributed by atoms with van der Waals surface area (Å²) in [5, 5.41) is 8.46. The van der Waals surface area contributed by atoms with Crippen LogP contribution in [0.3, 0.4) is 0 Å². The third-order valence-corrected chi connectivity index (χ3v) is 5.70. The predicted molar refractivity (Wildman–Crippen MR) is 141 cm³/mol. The van der Waals surface area contributed by atoms with Gasteiger partial charge in [-0.3, -0.25) is 9.59 Å². The summed E-state index contributed by atoms with van der Waals surface area (Å²) in [4.78, 5) is 37.2. The zero-order valence-electron chi connectivity index (χ0n) is 19.7. The smallest absolute Gasteiger partial charge is 0.343 e. The summed E-state index contributed by atoms with van der Waals surface area (Å²) in [6.07, 6.45) is 1.40. The molecule has 0 heterocycles. The monoisotopic (exact) mass is 515 g/mol. The van der Waals surface area contributed by atoms with E-state index >= 15 is 0 Å². The second-order valence-electron chi connectivity index (χ2n) is 7.77. The first kappa shape index (κ1) is 25.4. The third-order valence-electron chi connectivity index (χ3n) is 5.37. The molecule has 0 aliphatic carbocycles. The molecule has 0 aliphatic heterocycles. The fourth-order valence-corrected chi connectivity index (χ4v) is 3.71. The van der Waals surface area contributed by atoms with E-state index in [9.17, 15) is 14.4 Å². The fourth-order valence-electron chi connectivity index (χ4n) is 3.49. The molecule has 2 N–H and O–H groups in total. The van der Waals surface area contributed by atoms with E-state index in [1.54, 1.807) is 61.7 Å². The first-order chi connectivity index (χ1) is 18.0. The Hall–Kier alpha value is -4.69. The van der Waals surface area contributed by atoms with E-state index in [1.165, 1.54) is 6.21 Å². The Morgan fingerprint density at radius 3 is 2.41 bits per heavy atom. The SMILES string of the molecule is COc1ccc(C(=O)Oc2ccc3ccccc3c2C=NNC(=O)CNC(=O)c2ccccc2Cl)cc1. The lowest BCUT2D eigenvalue weighted by Gasteiger charge is -2.11. The average molecular weight is 516 g/mol. The molecule has 4 aromatic rings. The number of nitrogens with one attached hydrogen (secondary N) is 2. The van der Waals surface area contributed by atoms with Crippen molar-refractivity contribution in [1.29, 1.82) is 0 Å². The summed E-state index contributed by atoms with van der Waals surface area (Å²) < 4.78 is 10.8. The Morgan fingerprint density at radius 1 is 0.919 bits per heavy atom. The highest BCUT2D eigenvalue weighted by atomic mass is 35.5. The van der Waals surface area contributed by atoms with Gasteiger partial charge in [-0.15, -0.1) is 0 Å². The molecule has 0 aromatic heterocycles. The van der Waals surface area contributed by atoms with Crippen molar-refractivity contribution in [2.24, 2.45) is 5.10 Å². The number of amides is 2. The normalized spacial score (nSPS) is 10.8. The van der Waals surface area contributed by atoms with Crippen LogP contribution in [0.2, 0.25) is 5.02 Å². The number of hydrogen-bond acceptors (Lipinski definition) is 6. The topological polar surface area (TPSA) is 106 Å². The molecule has 0 fully saturated rings. The molecule has 186 valence electrons. The number of ether oxygens (including phenoxy) is 2. The number of esters is 1. The number of hydrazone groups is 1. The van der Waals surface area contributed by atoms with Crippen molar-refractivity contribution < 1.29 is 23.9 Å². The first-order valence-electron chi connectivity index (χ1n) is 11.2. The molecule has 8 nitrogen and oxygen atoms in total. The quantitative estimate of drug-likeness (QED) is 0.154. The standard InChI is InChI=1S/C28H22ClN3O5/c1-36-20-13-10-19(11-14-20)28(35)37-25-15-12-18-6-2-3-7-21(18)23(25)16-31-32-26(33)17-30-27(34)22-8-4-5-9-24(22)29/h2-16H,17H2,1H3,(H,30,34)(H,32,33). The van der Waals surface area contributed by atoms with Gasteiger partial charge in [-0.05, 0) is 53.2 Å². The molecule has 0 saturated heterocycles. The van der Waals surface area contributed by atoms with Crippen LogP contribution < -0.4 is 20.2 Å². The van der Waals surface area contributed by atoms with Crippen LogP contribution in [0.5, 0.6) is 11.5 Å². The Bertz CT molecular complexity index is 1490. The lowest BCUT2D eigenvalue weighted by atomic mass is 10.0. The summed E-state index contributed by atoms with van der Waals surface area (Å²) in [6.45, 7) is -0.309. The molecule has 0 bridgehead atoms. The minimum absolute atomic E-state index is 0.263. The minimum atomic E-state index is -0.557. The van der Waals surface area contributed by atoms with Crippen molar-refractivity contribution in [3.05, 3.63) is 107 Å². The molecule has 0 unspecified atom stereocenters. The van der Waals surface area contributed by atoms with Gasteiger partial charge in [-0.1, -0.05) is 54.1 Å². The van der Waals surface area contributed by atoms with Gasteiger partial charge in [0.05, 0.1) is 36.0 Å². The maximum absolute atomic E-state index is 12.7. The van der Waals surface area contributed by atoms with E-state index < -0.39 is 17.8 Å². The number of methoxy groups -OCH3 is 1. The number of carbonyl (C=O) groups is 3. The summed E-state index contributed by atoms with van der Waals surface area (Å²) >= 11 is 6.01. The summed E-state index contributed by atoms with van der Waals surface area (Å²) in [6, 6.07) is 24.0. The van der Waals surface area contributed by atoms with E-state index in [1.807, 2.05) is 30.3 Å². The number of carbonyl (C=O) groups excluding carboxylic acids is 3. The Kier molecular flexibility index (Phi) is 8.12. The lowest BCUT2D eigenvalue weighted by Crippen LogP contribution is -2.35. The van der Waals surface area contributed by atoms with Crippen molar-refractivity contribution in [2.45, 2.75) is 0 Å². The van der Waals surface area contributed by atoms with Crippen LogP contribution in [0.1, 0.15) is 26.3 Å². The average Bonchev–Trinajstić information content (AvgIpc) is 2.93. The molecular formula is C28H22ClN3O5. The molecule has 9 heteroatoms. The highest BCUT2D eigenvalue weighted by Gasteiger charge is 2.14. The van der Waals surface area contributed by atoms with Gasteiger partial charge in [0.25, 0.3) is 11.8 Å². The Labute approximate surface area is 217 Å². The summed E-state index contributed by atoms with van der Waals surface area (Å²) in [5.41, 5.74) is 3.48. The minimum Gasteiger partial charge on any atom is -0.497 e. The second-order valence-corrected chi connectivity index (χ2v) is 8.18. The van der Waals surface area contributed by atoms with Crippen LogP contribution in [-0.2, 0) is 4.79 Å². The molecule has 0 saturated carbocycles. The maximum Gasteiger partial charge on any atom is 0.343 e. The number of hydrogen-bond donors (Lipinski definition) is 2. The summed E-state index contributed by atoms with van der Waals surface area (Å²) in [7, 11) is 1.54. The van der Waals surface area contributed by atoms with E-state index in [4.69, 9.17) is 21.1 Å². The maximum atomic E-state index is 12.7. The van der Waals surface area contributed by atoms with Crippen LogP contribution in [0.15, 0.2) is 90.0 Å². The third kappa shape index (κ3) is 6.31. The molecule has 0 atom stereocenters. The Morgan fingerprint density at radius 2 is 1.65 bits per heavy atom. The second kappa shape index (κ2) is 11.8. The van der Waals surface area contributed by atoms with Gasteiger partial charge in [0.1, 0.15) is 11.5 Å². The van der Waals surface area contributed by atoms with Crippen molar-refractivity contribution >= 4 is 46.4 Å². The first-order valence-corrected chi connectivity index (χ1v) is 11.6. The van der Waals surface area contributed by atoms with Crippen molar-refractivity contribution in [3.63, 3.8) is 0 Å². The number of nitrogens with zero attached hydrogens (tertiary/aromatic N) is 1. The molecular weight excluding hydrogens is 494 g/mol. The summed E-state index contributed by atoms with van der Waals surface area (Å²) in [5.74, 6) is -0.697. The zero-order valence-corrected chi connectivity index (χ0v) is 20.5. The van der Waals surface area contributed by atoms with Crippen molar-refractivity contribution in [3.8, 4) is 11.5 Å².